The molecule has 3 aromatic rings. The van der Waals surface area contributed by atoms with Crippen LogP contribution in [0.2, 0.25) is 0 Å². The van der Waals surface area contributed by atoms with Crippen LogP contribution in [0.3, 0.4) is 0 Å². The van der Waals surface area contributed by atoms with Crippen LogP contribution < -0.4 is 11.1 Å². The molecule has 0 unspecified atom stereocenters. The molecule has 6 heteroatoms. The highest BCUT2D eigenvalue weighted by molar-refractivity contribution is 7.99. The van der Waals surface area contributed by atoms with Gasteiger partial charge in [0.15, 0.2) is 0 Å². The third-order valence-corrected chi connectivity index (χ3v) is 4.34. The topological polar surface area (TPSA) is 85.3 Å². The summed E-state index contributed by atoms with van der Waals surface area (Å²) < 4.78 is 5.47. The maximum atomic E-state index is 12.6. The Morgan fingerprint density at radius 2 is 1.96 bits per heavy atom. The molecule has 0 aliphatic carbocycles. The monoisotopic (exact) mass is 340 g/mol. The molecule has 0 bridgehead atoms. The van der Waals surface area contributed by atoms with E-state index in [1.165, 1.54) is 0 Å². The van der Waals surface area contributed by atoms with Crippen molar-refractivity contribution < 1.29 is 14.0 Å². The van der Waals surface area contributed by atoms with Crippen LogP contribution in [-0.4, -0.2) is 17.6 Å². The summed E-state index contributed by atoms with van der Waals surface area (Å²) in [6.07, 6.45) is 0. The summed E-state index contributed by atoms with van der Waals surface area (Å²) in [6.45, 7) is 2.05. The lowest BCUT2D eigenvalue weighted by Crippen LogP contribution is -2.17. The molecule has 2 amide bonds. The summed E-state index contributed by atoms with van der Waals surface area (Å²) in [7, 11) is 0. The number of nitrogens with two attached hydrogens (primary N) is 1. The molecule has 0 atom stereocenters. The Labute approximate surface area is 143 Å². The lowest BCUT2D eigenvalue weighted by Gasteiger charge is -2.06. The van der Waals surface area contributed by atoms with Crippen LogP contribution in [0.25, 0.3) is 11.0 Å². The molecule has 1 heterocycles. The van der Waals surface area contributed by atoms with Crippen molar-refractivity contribution in [2.45, 2.75) is 11.8 Å². The van der Waals surface area contributed by atoms with E-state index in [9.17, 15) is 9.59 Å². The minimum Gasteiger partial charge on any atom is -0.449 e. The minimum absolute atomic E-state index is 0.0522. The van der Waals surface area contributed by atoms with E-state index in [1.54, 1.807) is 42.1 Å². The molecular formula is C18H16N2O3S. The maximum absolute atomic E-state index is 12.6. The number of para-hydroxylation sites is 1. The fraction of sp³-hybridized carbons (Fsp3) is 0.111. The fourth-order valence-electron chi connectivity index (χ4n) is 2.42. The summed E-state index contributed by atoms with van der Waals surface area (Å²) in [5.41, 5.74) is 6.68. The van der Waals surface area contributed by atoms with E-state index in [0.717, 1.165) is 10.6 Å². The number of rotatable bonds is 5. The van der Waals surface area contributed by atoms with Gasteiger partial charge < -0.3 is 15.5 Å². The Bertz CT molecular complexity index is 918. The number of primary amides is 1. The highest BCUT2D eigenvalue weighted by atomic mass is 32.2. The zero-order valence-electron chi connectivity index (χ0n) is 13.0. The number of furan rings is 1. The first-order valence-electron chi connectivity index (χ1n) is 7.45. The van der Waals surface area contributed by atoms with Gasteiger partial charge in [-0.25, -0.2) is 0 Å². The summed E-state index contributed by atoms with van der Waals surface area (Å²) in [4.78, 5) is 25.2. The van der Waals surface area contributed by atoms with E-state index in [1.807, 2.05) is 25.1 Å². The first kappa shape index (κ1) is 16.1. The summed E-state index contributed by atoms with van der Waals surface area (Å²) in [6, 6.07) is 14.4. The van der Waals surface area contributed by atoms with E-state index < -0.39 is 5.91 Å². The van der Waals surface area contributed by atoms with E-state index >= 15 is 0 Å². The smallest absolute Gasteiger partial charge is 0.286 e. The molecule has 1 aromatic heterocycles. The number of hydrogen-bond donors (Lipinski definition) is 2. The van der Waals surface area contributed by atoms with Crippen LogP contribution in [0.1, 0.15) is 27.8 Å². The molecule has 2 aromatic carbocycles. The third-order valence-electron chi connectivity index (χ3n) is 3.47. The van der Waals surface area contributed by atoms with Crippen LogP contribution >= 0.6 is 11.8 Å². The average Bonchev–Trinajstić information content (AvgIpc) is 2.94. The van der Waals surface area contributed by atoms with Crippen molar-refractivity contribution in [3.05, 3.63) is 59.9 Å². The molecule has 0 saturated heterocycles. The number of fused-ring (bicyclic) bond motifs is 1. The van der Waals surface area contributed by atoms with Crippen molar-refractivity contribution in [3.8, 4) is 0 Å². The second-order valence-electron chi connectivity index (χ2n) is 5.08. The number of hydrogen-bond acceptors (Lipinski definition) is 4. The van der Waals surface area contributed by atoms with Crippen molar-refractivity contribution >= 4 is 40.2 Å². The zero-order chi connectivity index (χ0) is 17.1. The van der Waals surface area contributed by atoms with Gasteiger partial charge in [-0.15, -0.1) is 11.8 Å². The predicted molar refractivity (Wildman–Crippen MR) is 95.5 cm³/mol. The lowest BCUT2D eigenvalue weighted by molar-refractivity contribution is 0.0977. The average molecular weight is 340 g/mol. The number of benzene rings is 2. The van der Waals surface area contributed by atoms with Crippen molar-refractivity contribution in [2.24, 2.45) is 5.73 Å². The Kier molecular flexibility index (Phi) is 4.57. The molecule has 3 N–H and O–H groups in total. The van der Waals surface area contributed by atoms with Gasteiger partial charge in [-0.1, -0.05) is 25.1 Å². The number of anilines is 1. The van der Waals surface area contributed by atoms with Gasteiger partial charge in [0.2, 0.25) is 5.76 Å². The van der Waals surface area contributed by atoms with Crippen molar-refractivity contribution in [1.29, 1.82) is 0 Å². The standard InChI is InChI=1S/C18H16N2O3S/c1-2-24-12-7-5-6-11(10-12)18(22)20-15-13-8-3-4-9-14(13)23-16(15)17(19)21/h3-10H,2H2,1H3,(H2,19,21)(H,20,22). The molecule has 0 aliphatic rings. The highest BCUT2D eigenvalue weighted by Crippen LogP contribution is 2.31. The second-order valence-corrected chi connectivity index (χ2v) is 6.42. The third kappa shape index (κ3) is 3.14. The Balaban J connectivity index is 1.97. The molecule has 5 nitrogen and oxygen atoms in total. The molecule has 122 valence electrons. The van der Waals surface area contributed by atoms with E-state index in [2.05, 4.69) is 5.32 Å². The summed E-state index contributed by atoms with van der Waals surface area (Å²) in [5.74, 6) is -0.175. The van der Waals surface area contributed by atoms with Gasteiger partial charge in [-0.3, -0.25) is 9.59 Å². The first-order chi connectivity index (χ1) is 11.6. The number of carbonyl (C=O) groups excluding carboxylic acids is 2. The minimum atomic E-state index is -0.725. The largest absolute Gasteiger partial charge is 0.449 e. The quantitative estimate of drug-likeness (QED) is 0.690. The fourth-order valence-corrected chi connectivity index (χ4v) is 3.14. The molecule has 24 heavy (non-hydrogen) atoms. The second kappa shape index (κ2) is 6.80. The summed E-state index contributed by atoms with van der Waals surface area (Å²) in [5, 5.41) is 3.40. The van der Waals surface area contributed by atoms with Crippen LogP contribution in [0.4, 0.5) is 5.69 Å². The molecule has 0 radical (unpaired) electrons. The van der Waals surface area contributed by atoms with E-state index in [0.29, 0.717) is 22.2 Å². The molecule has 0 fully saturated rings. The van der Waals surface area contributed by atoms with Gasteiger partial charge in [-0.2, -0.15) is 0 Å². The Hall–Kier alpha value is -2.73. The highest BCUT2D eigenvalue weighted by Gasteiger charge is 2.20. The molecule has 0 spiro atoms. The van der Waals surface area contributed by atoms with Crippen LogP contribution in [0, 0.1) is 0 Å². The molecule has 3 rings (SSSR count). The van der Waals surface area contributed by atoms with Crippen molar-refractivity contribution in [3.63, 3.8) is 0 Å². The maximum Gasteiger partial charge on any atom is 0.286 e. The van der Waals surface area contributed by atoms with Crippen molar-refractivity contribution in [2.75, 3.05) is 11.1 Å². The van der Waals surface area contributed by atoms with E-state index in [4.69, 9.17) is 10.2 Å². The Morgan fingerprint density at radius 1 is 1.17 bits per heavy atom. The normalized spacial score (nSPS) is 10.7. The van der Waals surface area contributed by atoms with Gasteiger partial charge in [0, 0.05) is 15.8 Å². The van der Waals surface area contributed by atoms with Gasteiger partial charge in [0.1, 0.15) is 11.3 Å². The van der Waals surface area contributed by atoms with Gasteiger partial charge >= 0.3 is 0 Å². The van der Waals surface area contributed by atoms with Crippen LogP contribution in [0.5, 0.6) is 0 Å². The number of thioether (sulfide) groups is 1. The van der Waals surface area contributed by atoms with Crippen LogP contribution in [-0.2, 0) is 0 Å². The molecule has 0 aliphatic heterocycles. The van der Waals surface area contributed by atoms with E-state index in [-0.39, 0.29) is 11.7 Å². The van der Waals surface area contributed by atoms with Crippen molar-refractivity contribution in [1.82, 2.24) is 0 Å². The zero-order valence-corrected chi connectivity index (χ0v) is 13.9. The molecule has 0 saturated carbocycles. The van der Waals surface area contributed by atoms with Gasteiger partial charge in [0.25, 0.3) is 11.8 Å². The lowest BCUT2D eigenvalue weighted by atomic mass is 10.2. The first-order valence-corrected chi connectivity index (χ1v) is 8.44. The number of amides is 2. The number of carbonyl (C=O) groups is 2. The van der Waals surface area contributed by atoms with Gasteiger partial charge in [-0.05, 0) is 36.1 Å². The SMILES string of the molecule is CCSc1cccc(C(=O)Nc2c(C(N)=O)oc3ccccc23)c1. The Morgan fingerprint density at radius 3 is 2.71 bits per heavy atom. The summed E-state index contributed by atoms with van der Waals surface area (Å²) >= 11 is 1.65. The van der Waals surface area contributed by atoms with Crippen LogP contribution in [0.15, 0.2) is 57.8 Å². The number of nitrogens with one attached hydrogen (secondary N) is 1. The predicted octanol–water partition coefficient (Wildman–Crippen LogP) is 3.90. The van der Waals surface area contributed by atoms with Gasteiger partial charge in [0.05, 0.1) is 0 Å². The molecular weight excluding hydrogens is 324 g/mol.